The first-order valence-electron chi connectivity index (χ1n) is 5.78. The van der Waals surface area contributed by atoms with Gasteiger partial charge >= 0.3 is 6.03 Å². The summed E-state index contributed by atoms with van der Waals surface area (Å²) < 4.78 is 4.83. The second kappa shape index (κ2) is 5.03. The van der Waals surface area contributed by atoms with Gasteiger partial charge in [0.1, 0.15) is 0 Å². The highest BCUT2D eigenvalue weighted by molar-refractivity contribution is 6.09. The minimum absolute atomic E-state index is 0.121. The lowest BCUT2D eigenvalue weighted by molar-refractivity contribution is -0.146. The molecule has 1 saturated heterocycles. The van der Waals surface area contributed by atoms with Crippen molar-refractivity contribution >= 4 is 17.8 Å². The van der Waals surface area contributed by atoms with Gasteiger partial charge in [0.2, 0.25) is 5.91 Å². The molecule has 4 amide bonds. The van der Waals surface area contributed by atoms with E-state index in [1.165, 1.54) is 6.26 Å². The third-order valence-electron chi connectivity index (χ3n) is 2.92. The van der Waals surface area contributed by atoms with E-state index < -0.39 is 11.9 Å². The van der Waals surface area contributed by atoms with Crippen LogP contribution in [0.25, 0.3) is 0 Å². The molecule has 0 unspecified atom stereocenters. The Bertz CT molecular complexity index is 441. The van der Waals surface area contributed by atoms with Crippen LogP contribution in [-0.2, 0) is 14.3 Å². The number of urea groups is 1. The number of carbonyl (C=O) groups excluding carboxylic acids is 3. The Hall–Kier alpha value is -2.11. The Morgan fingerprint density at radius 2 is 2.39 bits per heavy atom. The summed E-state index contributed by atoms with van der Waals surface area (Å²) in [5.74, 6) is -0.958. The first kappa shape index (κ1) is 12.3. The van der Waals surface area contributed by atoms with Gasteiger partial charge in [-0.25, -0.2) is 4.79 Å². The average Bonchev–Trinajstić information content (AvgIpc) is 2.73. The maximum atomic E-state index is 11.7. The van der Waals surface area contributed by atoms with Crippen molar-refractivity contribution in [2.24, 2.45) is 5.92 Å². The number of rotatable bonds is 3. The Labute approximate surface area is 104 Å². The molecule has 1 fully saturated rings. The van der Waals surface area contributed by atoms with Gasteiger partial charge in [-0.1, -0.05) is 12.2 Å². The zero-order valence-corrected chi connectivity index (χ0v) is 9.96. The zero-order chi connectivity index (χ0) is 13.1. The van der Waals surface area contributed by atoms with E-state index in [1.807, 2.05) is 12.2 Å². The molecule has 1 aliphatic heterocycles. The van der Waals surface area contributed by atoms with Crippen molar-refractivity contribution in [2.45, 2.75) is 19.4 Å². The predicted molar refractivity (Wildman–Crippen MR) is 62.2 cm³/mol. The van der Waals surface area contributed by atoms with Crippen molar-refractivity contribution in [2.75, 3.05) is 6.61 Å². The van der Waals surface area contributed by atoms with E-state index in [1.54, 1.807) is 6.92 Å². The monoisotopic (exact) mass is 250 g/mol. The van der Waals surface area contributed by atoms with Crippen LogP contribution in [0.2, 0.25) is 0 Å². The molecule has 0 aromatic carbocycles. The van der Waals surface area contributed by atoms with Gasteiger partial charge in [-0.2, -0.15) is 0 Å². The lowest BCUT2D eigenvalue weighted by Gasteiger charge is -2.40. The number of imide groups is 2. The van der Waals surface area contributed by atoms with Crippen molar-refractivity contribution in [1.29, 1.82) is 0 Å². The number of nitrogens with one attached hydrogen (secondary N) is 1. The number of likely N-dealkylation sites (tertiary alicyclic amines) is 1. The van der Waals surface area contributed by atoms with Crippen molar-refractivity contribution in [3.63, 3.8) is 0 Å². The predicted octanol–water partition coefficient (Wildman–Crippen LogP) is 0.560. The lowest BCUT2D eigenvalue weighted by atomic mass is 9.90. The number of allylic oxidation sites excluding steroid dienone is 1. The molecule has 0 saturated carbocycles. The van der Waals surface area contributed by atoms with E-state index in [4.69, 9.17) is 4.74 Å². The van der Waals surface area contributed by atoms with E-state index in [0.717, 1.165) is 11.0 Å². The summed E-state index contributed by atoms with van der Waals surface area (Å²) in [4.78, 5) is 35.7. The number of ether oxygens (including phenoxy) is 1. The Morgan fingerprint density at radius 1 is 1.61 bits per heavy atom. The SMILES string of the molecule is CCO/C=C/C(=O)NC(=O)N1C(=O)[C@@H]2CC=C[C@@H]21. The van der Waals surface area contributed by atoms with Gasteiger partial charge in [0.15, 0.2) is 0 Å². The lowest BCUT2D eigenvalue weighted by Crippen LogP contribution is -2.63. The number of carbonyl (C=O) groups is 3. The molecule has 2 rings (SSSR count). The smallest absolute Gasteiger partial charge is 0.331 e. The van der Waals surface area contributed by atoms with Crippen molar-refractivity contribution < 1.29 is 19.1 Å². The van der Waals surface area contributed by atoms with E-state index in [2.05, 4.69) is 5.32 Å². The topological polar surface area (TPSA) is 75.7 Å². The molecule has 2 aliphatic rings. The minimum Gasteiger partial charge on any atom is -0.501 e. The summed E-state index contributed by atoms with van der Waals surface area (Å²) in [6.45, 7) is 2.22. The summed E-state index contributed by atoms with van der Waals surface area (Å²) in [5, 5.41) is 2.11. The van der Waals surface area contributed by atoms with Crippen LogP contribution in [0.15, 0.2) is 24.5 Å². The minimum atomic E-state index is -0.682. The van der Waals surface area contributed by atoms with Crippen molar-refractivity contribution in [3.8, 4) is 0 Å². The van der Waals surface area contributed by atoms with Gasteiger partial charge in [-0.3, -0.25) is 19.8 Å². The molecule has 18 heavy (non-hydrogen) atoms. The second-order valence-corrected chi connectivity index (χ2v) is 4.02. The standard InChI is InChI=1S/C12H14N2O4/c1-2-18-7-6-10(15)13-12(17)14-9-5-3-4-8(9)11(14)16/h3,5-9H,2,4H2,1H3,(H,13,15,17)/b7-6+/t8-,9+/m1/s1. The third-order valence-corrected chi connectivity index (χ3v) is 2.92. The maximum Gasteiger partial charge on any atom is 0.331 e. The number of fused-ring (bicyclic) bond motifs is 1. The first-order valence-corrected chi connectivity index (χ1v) is 5.78. The van der Waals surface area contributed by atoms with Gasteiger partial charge < -0.3 is 4.74 Å². The fourth-order valence-electron chi connectivity index (χ4n) is 2.04. The normalized spacial score (nSPS) is 24.9. The number of amides is 4. The summed E-state index contributed by atoms with van der Waals surface area (Å²) in [5.41, 5.74) is 0. The van der Waals surface area contributed by atoms with Gasteiger partial charge in [0.05, 0.1) is 24.8 Å². The number of hydrogen-bond donors (Lipinski definition) is 1. The molecular weight excluding hydrogens is 236 g/mol. The zero-order valence-electron chi connectivity index (χ0n) is 9.96. The summed E-state index contributed by atoms with van der Waals surface area (Å²) >= 11 is 0. The van der Waals surface area contributed by atoms with Crippen LogP contribution in [-0.4, -0.2) is 35.4 Å². The molecule has 1 heterocycles. The van der Waals surface area contributed by atoms with Gasteiger partial charge in [-0.05, 0) is 13.3 Å². The number of nitrogens with zero attached hydrogens (tertiary/aromatic N) is 1. The highest BCUT2D eigenvalue weighted by Gasteiger charge is 2.50. The van der Waals surface area contributed by atoms with Crippen LogP contribution in [0.1, 0.15) is 13.3 Å². The van der Waals surface area contributed by atoms with Gasteiger partial charge in [0.25, 0.3) is 5.91 Å². The van der Waals surface area contributed by atoms with Crippen LogP contribution in [0, 0.1) is 5.92 Å². The molecule has 1 aliphatic carbocycles. The molecule has 0 radical (unpaired) electrons. The summed E-state index contributed by atoms with van der Waals surface area (Å²) in [6, 6.07) is -0.875. The van der Waals surface area contributed by atoms with Crippen LogP contribution in [0.4, 0.5) is 4.79 Å². The molecule has 2 atom stereocenters. The fraction of sp³-hybridized carbons (Fsp3) is 0.417. The molecule has 0 spiro atoms. The summed E-state index contributed by atoms with van der Waals surface area (Å²) in [6.07, 6.45) is 6.67. The van der Waals surface area contributed by atoms with Crippen LogP contribution >= 0.6 is 0 Å². The Kier molecular flexibility index (Phi) is 3.45. The van der Waals surface area contributed by atoms with Gasteiger partial charge in [0, 0.05) is 6.08 Å². The van der Waals surface area contributed by atoms with Gasteiger partial charge in [-0.15, -0.1) is 0 Å². The van der Waals surface area contributed by atoms with Crippen LogP contribution < -0.4 is 5.32 Å². The fourth-order valence-corrected chi connectivity index (χ4v) is 2.04. The average molecular weight is 250 g/mol. The molecule has 96 valence electrons. The highest BCUT2D eigenvalue weighted by Crippen LogP contribution is 2.35. The first-order chi connectivity index (χ1) is 8.65. The quantitative estimate of drug-likeness (QED) is 0.344. The number of hydrogen-bond acceptors (Lipinski definition) is 4. The van der Waals surface area contributed by atoms with Crippen molar-refractivity contribution in [1.82, 2.24) is 10.2 Å². The number of β-lactam (4-membered cyclic amide) rings is 1. The van der Waals surface area contributed by atoms with Crippen LogP contribution in [0.3, 0.4) is 0 Å². The molecular formula is C12H14N2O4. The third kappa shape index (κ3) is 2.13. The maximum absolute atomic E-state index is 11.7. The van der Waals surface area contributed by atoms with Crippen molar-refractivity contribution in [3.05, 3.63) is 24.5 Å². The largest absolute Gasteiger partial charge is 0.501 e. The molecule has 0 aromatic rings. The van der Waals surface area contributed by atoms with E-state index in [0.29, 0.717) is 13.0 Å². The molecule has 1 N–H and O–H groups in total. The van der Waals surface area contributed by atoms with E-state index in [-0.39, 0.29) is 17.9 Å². The molecule has 6 heteroatoms. The Morgan fingerprint density at radius 3 is 3.11 bits per heavy atom. The molecule has 0 bridgehead atoms. The summed E-state index contributed by atoms with van der Waals surface area (Å²) in [7, 11) is 0. The van der Waals surface area contributed by atoms with E-state index >= 15 is 0 Å². The second-order valence-electron chi connectivity index (χ2n) is 4.02. The van der Waals surface area contributed by atoms with Crippen LogP contribution in [0.5, 0.6) is 0 Å². The Balaban J connectivity index is 1.87. The van der Waals surface area contributed by atoms with E-state index in [9.17, 15) is 14.4 Å². The molecule has 0 aromatic heterocycles. The molecule has 6 nitrogen and oxygen atoms in total. The highest BCUT2D eigenvalue weighted by atomic mass is 16.5.